The van der Waals surface area contributed by atoms with Gasteiger partial charge in [0.25, 0.3) is 5.91 Å². The normalized spacial score (nSPS) is 14.4. The van der Waals surface area contributed by atoms with Gasteiger partial charge in [-0.15, -0.1) is 6.42 Å². The molecule has 1 aliphatic rings. The largest absolute Gasteiger partial charge is 0.481 e. The molecule has 1 aromatic heterocycles. The van der Waals surface area contributed by atoms with Crippen molar-refractivity contribution in [2.24, 2.45) is 0 Å². The number of carboxylic acids is 1. The maximum atomic E-state index is 12.9. The Kier molecular flexibility index (Phi) is 7.61. The number of thioether (sulfide) groups is 1. The standard InChI is InChI=1S/C26H18ClNO5S2/c1-2-13-32-18-6-3-16(4-7-18)11-12-28-24(29)23(35-26(28)34)15-19-8-10-22(33-19)17-5-9-21(27)20(14-17)25(30)31/h1,3-10,14-15H,11-13H2,(H,30,31)/b23-15-. The second-order valence-corrected chi connectivity index (χ2v) is 9.50. The van der Waals surface area contributed by atoms with Gasteiger partial charge in [0.05, 0.1) is 15.5 Å². The Morgan fingerprint density at radius 2 is 2.00 bits per heavy atom. The number of terminal acetylenes is 1. The fourth-order valence-corrected chi connectivity index (χ4v) is 4.86. The number of benzene rings is 2. The number of amides is 1. The molecule has 0 saturated carbocycles. The highest BCUT2D eigenvalue weighted by atomic mass is 35.5. The van der Waals surface area contributed by atoms with Gasteiger partial charge in [-0.25, -0.2) is 4.79 Å². The van der Waals surface area contributed by atoms with Crippen molar-refractivity contribution in [1.82, 2.24) is 4.90 Å². The van der Waals surface area contributed by atoms with Crippen molar-refractivity contribution >= 4 is 57.9 Å². The molecule has 1 N–H and O–H groups in total. The second-order valence-electron chi connectivity index (χ2n) is 7.42. The molecule has 6 nitrogen and oxygen atoms in total. The maximum Gasteiger partial charge on any atom is 0.337 e. The summed E-state index contributed by atoms with van der Waals surface area (Å²) in [6.45, 7) is 0.654. The summed E-state index contributed by atoms with van der Waals surface area (Å²) in [6, 6.07) is 15.6. The van der Waals surface area contributed by atoms with Crippen LogP contribution in [0.25, 0.3) is 17.4 Å². The van der Waals surface area contributed by atoms with Gasteiger partial charge in [0, 0.05) is 18.2 Å². The van der Waals surface area contributed by atoms with Crippen LogP contribution in [0.1, 0.15) is 21.7 Å². The van der Waals surface area contributed by atoms with E-state index in [9.17, 15) is 14.7 Å². The van der Waals surface area contributed by atoms with Gasteiger partial charge < -0.3 is 14.3 Å². The van der Waals surface area contributed by atoms with Crippen LogP contribution in [0.3, 0.4) is 0 Å². The molecule has 0 spiro atoms. The lowest BCUT2D eigenvalue weighted by atomic mass is 10.1. The number of carbonyl (C=O) groups is 2. The molecule has 0 atom stereocenters. The van der Waals surface area contributed by atoms with E-state index >= 15 is 0 Å². The van der Waals surface area contributed by atoms with E-state index in [1.807, 2.05) is 24.3 Å². The zero-order valence-corrected chi connectivity index (χ0v) is 20.6. The van der Waals surface area contributed by atoms with Crippen molar-refractivity contribution in [1.29, 1.82) is 0 Å². The summed E-state index contributed by atoms with van der Waals surface area (Å²) in [5.41, 5.74) is 1.59. The van der Waals surface area contributed by atoms with Crippen LogP contribution in [0.15, 0.2) is 63.9 Å². The third-order valence-electron chi connectivity index (χ3n) is 5.12. The van der Waals surface area contributed by atoms with E-state index < -0.39 is 5.97 Å². The van der Waals surface area contributed by atoms with Crippen molar-refractivity contribution in [3.8, 4) is 29.4 Å². The molecule has 0 unspecified atom stereocenters. The number of nitrogens with zero attached hydrogens (tertiary/aromatic N) is 1. The van der Waals surface area contributed by atoms with E-state index in [2.05, 4.69) is 5.92 Å². The van der Waals surface area contributed by atoms with Crippen molar-refractivity contribution in [2.45, 2.75) is 6.42 Å². The predicted octanol–water partition coefficient (Wildman–Crippen LogP) is 5.75. The SMILES string of the molecule is C#CCOc1ccc(CCN2C(=O)/C(=C/c3ccc(-c4ccc(Cl)c(C(=O)O)c4)o3)SC2=S)cc1. The topological polar surface area (TPSA) is 80.0 Å². The molecule has 35 heavy (non-hydrogen) atoms. The minimum atomic E-state index is -1.12. The van der Waals surface area contributed by atoms with Gasteiger partial charge in [-0.2, -0.15) is 0 Å². The lowest BCUT2D eigenvalue weighted by Crippen LogP contribution is -2.30. The second kappa shape index (κ2) is 10.8. The molecule has 1 aliphatic heterocycles. The molecular formula is C26H18ClNO5S2. The first-order valence-electron chi connectivity index (χ1n) is 10.4. The lowest BCUT2D eigenvalue weighted by molar-refractivity contribution is -0.122. The van der Waals surface area contributed by atoms with Crippen molar-refractivity contribution < 1.29 is 23.8 Å². The Balaban J connectivity index is 1.43. The van der Waals surface area contributed by atoms with Crippen LogP contribution >= 0.6 is 35.6 Å². The van der Waals surface area contributed by atoms with Gasteiger partial charge in [0.15, 0.2) is 0 Å². The zero-order valence-electron chi connectivity index (χ0n) is 18.2. The highest BCUT2D eigenvalue weighted by molar-refractivity contribution is 8.26. The molecule has 9 heteroatoms. The first kappa shape index (κ1) is 24.6. The highest BCUT2D eigenvalue weighted by Gasteiger charge is 2.32. The number of furan rings is 1. The molecule has 3 aromatic rings. The number of rotatable bonds is 8. The third-order valence-corrected chi connectivity index (χ3v) is 6.83. The Bertz CT molecular complexity index is 1370. The molecule has 1 amide bonds. The molecule has 2 aromatic carbocycles. The Labute approximate surface area is 216 Å². The van der Waals surface area contributed by atoms with Crippen LogP contribution in [0.5, 0.6) is 5.75 Å². The molecule has 4 rings (SSSR count). The lowest BCUT2D eigenvalue weighted by Gasteiger charge is -2.14. The summed E-state index contributed by atoms with van der Waals surface area (Å²) in [6.07, 6.45) is 7.46. The van der Waals surface area contributed by atoms with E-state index in [0.29, 0.717) is 45.0 Å². The predicted molar refractivity (Wildman–Crippen MR) is 140 cm³/mol. The number of ether oxygens (including phenoxy) is 1. The first-order valence-corrected chi connectivity index (χ1v) is 12.0. The monoisotopic (exact) mass is 523 g/mol. The number of hydrogen-bond donors (Lipinski definition) is 1. The molecule has 0 radical (unpaired) electrons. The number of carbonyl (C=O) groups excluding carboxylic acids is 1. The first-order chi connectivity index (χ1) is 16.9. The van der Waals surface area contributed by atoms with Gasteiger partial charge in [-0.05, 0) is 54.4 Å². The van der Waals surface area contributed by atoms with E-state index in [1.165, 1.54) is 23.9 Å². The van der Waals surface area contributed by atoms with Crippen LogP contribution in [0.4, 0.5) is 0 Å². The number of carboxylic acid groups (broad SMARTS) is 1. The van der Waals surface area contributed by atoms with Gasteiger partial charge in [0.1, 0.15) is 28.2 Å². The molecule has 1 saturated heterocycles. The van der Waals surface area contributed by atoms with E-state index in [-0.39, 0.29) is 23.1 Å². The third kappa shape index (κ3) is 5.77. The van der Waals surface area contributed by atoms with Crippen molar-refractivity contribution in [3.05, 3.63) is 81.4 Å². The van der Waals surface area contributed by atoms with Gasteiger partial charge in [-0.3, -0.25) is 9.69 Å². The average Bonchev–Trinajstić information content (AvgIpc) is 3.41. The van der Waals surface area contributed by atoms with E-state index in [0.717, 1.165) is 5.56 Å². The Hall–Kier alpha value is -3.51. The van der Waals surface area contributed by atoms with Crippen LogP contribution in [-0.4, -0.2) is 39.4 Å². The fourth-order valence-electron chi connectivity index (χ4n) is 3.37. The summed E-state index contributed by atoms with van der Waals surface area (Å²) in [4.78, 5) is 26.3. The smallest absolute Gasteiger partial charge is 0.337 e. The van der Waals surface area contributed by atoms with Crippen molar-refractivity contribution in [2.75, 3.05) is 13.2 Å². The number of hydrogen-bond acceptors (Lipinski definition) is 6. The minimum absolute atomic E-state index is 0.0160. The van der Waals surface area contributed by atoms with Crippen molar-refractivity contribution in [3.63, 3.8) is 0 Å². The maximum absolute atomic E-state index is 12.9. The van der Waals surface area contributed by atoms with Gasteiger partial charge in [-0.1, -0.05) is 53.6 Å². The van der Waals surface area contributed by atoms with Gasteiger partial charge in [0.2, 0.25) is 0 Å². The Morgan fingerprint density at radius 3 is 2.71 bits per heavy atom. The molecule has 176 valence electrons. The molecular weight excluding hydrogens is 506 g/mol. The Morgan fingerprint density at radius 1 is 1.23 bits per heavy atom. The number of halogens is 1. The van der Waals surface area contributed by atoms with Gasteiger partial charge >= 0.3 is 5.97 Å². The van der Waals surface area contributed by atoms with Crippen LogP contribution in [0, 0.1) is 12.3 Å². The molecule has 2 heterocycles. The molecule has 0 aliphatic carbocycles. The highest BCUT2D eigenvalue weighted by Crippen LogP contribution is 2.34. The molecule has 1 fully saturated rings. The minimum Gasteiger partial charge on any atom is -0.481 e. The van der Waals surface area contributed by atoms with E-state index in [4.69, 9.17) is 39.4 Å². The van der Waals surface area contributed by atoms with Crippen LogP contribution in [-0.2, 0) is 11.2 Å². The number of aromatic carboxylic acids is 1. The van der Waals surface area contributed by atoms with Crippen LogP contribution in [0.2, 0.25) is 5.02 Å². The fraction of sp³-hybridized carbons (Fsp3) is 0.115. The quantitative estimate of drug-likeness (QED) is 0.228. The molecule has 0 bridgehead atoms. The van der Waals surface area contributed by atoms with Crippen LogP contribution < -0.4 is 4.74 Å². The zero-order chi connectivity index (χ0) is 24.9. The summed E-state index contributed by atoms with van der Waals surface area (Å²) in [5.74, 6) is 2.71. The number of thiocarbonyl (C=S) groups is 1. The van der Waals surface area contributed by atoms with E-state index in [1.54, 1.807) is 29.2 Å². The summed E-state index contributed by atoms with van der Waals surface area (Å²) in [5, 5.41) is 9.42. The summed E-state index contributed by atoms with van der Waals surface area (Å²) >= 11 is 12.6. The summed E-state index contributed by atoms with van der Waals surface area (Å²) in [7, 11) is 0. The average molecular weight is 524 g/mol. The summed E-state index contributed by atoms with van der Waals surface area (Å²) < 4.78 is 11.7.